The number of hydrogen-bond acceptors (Lipinski definition) is 3. The zero-order chi connectivity index (χ0) is 23.7. The number of benzene rings is 2. The first-order chi connectivity index (χ1) is 16.5. The van der Waals surface area contributed by atoms with Crippen molar-refractivity contribution in [3.8, 4) is 11.8 Å². The number of fused-ring (bicyclic) bond motifs is 1. The van der Waals surface area contributed by atoms with E-state index < -0.39 is 11.8 Å². The van der Waals surface area contributed by atoms with Gasteiger partial charge in [0.15, 0.2) is 0 Å². The second-order valence-electron chi connectivity index (χ2n) is 9.31. The molecule has 7 heteroatoms. The van der Waals surface area contributed by atoms with E-state index >= 15 is 0 Å². The molecule has 1 aliphatic carbocycles. The molecule has 2 saturated heterocycles. The summed E-state index contributed by atoms with van der Waals surface area (Å²) in [6.07, 6.45) is 4.87. The van der Waals surface area contributed by atoms with E-state index in [1.807, 2.05) is 24.3 Å². The van der Waals surface area contributed by atoms with E-state index in [0.717, 1.165) is 11.1 Å². The first kappa shape index (κ1) is 22.4. The van der Waals surface area contributed by atoms with Crippen molar-refractivity contribution in [2.24, 2.45) is 5.92 Å². The van der Waals surface area contributed by atoms with Crippen LogP contribution in [-0.2, 0) is 4.79 Å². The van der Waals surface area contributed by atoms with Crippen LogP contribution in [0.4, 0.5) is 14.9 Å². The predicted molar refractivity (Wildman–Crippen MR) is 127 cm³/mol. The molecule has 6 nitrogen and oxygen atoms in total. The Morgan fingerprint density at radius 2 is 1.85 bits per heavy atom. The fourth-order valence-corrected chi connectivity index (χ4v) is 5.46. The number of carbonyl (C=O) groups excluding carboxylic acids is 2. The minimum Gasteiger partial charge on any atom is -0.394 e. The number of halogens is 1. The van der Waals surface area contributed by atoms with Gasteiger partial charge in [-0.25, -0.2) is 9.18 Å². The summed E-state index contributed by atoms with van der Waals surface area (Å²) in [4.78, 5) is 28.7. The smallest absolute Gasteiger partial charge is 0.322 e. The molecule has 3 fully saturated rings. The molecule has 0 spiro atoms. The summed E-state index contributed by atoms with van der Waals surface area (Å²) in [7, 11) is 0. The summed E-state index contributed by atoms with van der Waals surface area (Å²) in [5, 5.41) is 12.5. The van der Waals surface area contributed by atoms with Gasteiger partial charge in [-0.2, -0.15) is 0 Å². The van der Waals surface area contributed by atoms with Crippen LogP contribution >= 0.6 is 0 Å². The Morgan fingerprint density at radius 1 is 1.12 bits per heavy atom. The van der Waals surface area contributed by atoms with Crippen molar-refractivity contribution in [1.82, 2.24) is 9.80 Å². The highest BCUT2D eigenvalue weighted by atomic mass is 19.1. The summed E-state index contributed by atoms with van der Waals surface area (Å²) >= 11 is 0. The maximum absolute atomic E-state index is 14.0. The van der Waals surface area contributed by atoms with Gasteiger partial charge in [0, 0.05) is 23.9 Å². The standard InChI is InChI=1S/C27H28FN3O3/c28-21-7-3-4-8-22(21)29-27(34)30-15-23-26(24(17-32)31(23)25(33)16-30)20-13-11-19(12-14-20)10-9-18-5-1-2-6-18/h3-4,7-8,11-14,18,23-24,26,32H,1-2,5-6,15-17H2,(H,29,34)/t23-,24+,26+/m1/s1. The Labute approximate surface area is 198 Å². The van der Waals surface area contributed by atoms with Crippen LogP contribution in [0.25, 0.3) is 0 Å². The second-order valence-corrected chi connectivity index (χ2v) is 9.31. The minimum atomic E-state index is -0.529. The molecule has 3 aliphatic rings. The summed E-state index contributed by atoms with van der Waals surface area (Å²) in [5.41, 5.74) is 2.05. The molecule has 176 valence electrons. The number of piperazine rings is 1. The van der Waals surface area contributed by atoms with Crippen LogP contribution in [0.15, 0.2) is 48.5 Å². The Bertz CT molecular complexity index is 1130. The van der Waals surface area contributed by atoms with Crippen molar-refractivity contribution in [2.75, 3.05) is 25.0 Å². The van der Waals surface area contributed by atoms with Crippen LogP contribution in [0.3, 0.4) is 0 Å². The molecule has 5 rings (SSSR count). The first-order valence-corrected chi connectivity index (χ1v) is 11.9. The zero-order valence-corrected chi connectivity index (χ0v) is 18.9. The lowest BCUT2D eigenvalue weighted by Crippen LogP contribution is -2.73. The Morgan fingerprint density at radius 3 is 2.56 bits per heavy atom. The van der Waals surface area contributed by atoms with Crippen molar-refractivity contribution in [3.05, 3.63) is 65.5 Å². The van der Waals surface area contributed by atoms with Gasteiger partial charge in [-0.15, -0.1) is 0 Å². The number of nitrogens with one attached hydrogen (secondary N) is 1. The van der Waals surface area contributed by atoms with Gasteiger partial charge in [0.2, 0.25) is 5.91 Å². The largest absolute Gasteiger partial charge is 0.394 e. The summed E-state index contributed by atoms with van der Waals surface area (Å²) < 4.78 is 14.0. The molecule has 0 unspecified atom stereocenters. The lowest BCUT2D eigenvalue weighted by molar-refractivity contribution is -0.159. The maximum Gasteiger partial charge on any atom is 0.322 e. The fourth-order valence-electron chi connectivity index (χ4n) is 5.46. The number of hydrogen-bond donors (Lipinski definition) is 2. The van der Waals surface area contributed by atoms with Gasteiger partial charge in [0.1, 0.15) is 12.4 Å². The summed E-state index contributed by atoms with van der Waals surface area (Å²) in [6.45, 7) is 0.0731. The van der Waals surface area contributed by atoms with E-state index in [0.29, 0.717) is 12.5 Å². The molecule has 0 radical (unpaired) electrons. The van der Waals surface area contributed by atoms with Gasteiger partial charge in [0.05, 0.1) is 24.4 Å². The second kappa shape index (κ2) is 9.47. The highest BCUT2D eigenvalue weighted by molar-refractivity contribution is 5.94. The number of aliphatic hydroxyl groups excluding tert-OH is 1. The Hall–Kier alpha value is -3.37. The number of para-hydroxylation sites is 1. The Balaban J connectivity index is 1.30. The monoisotopic (exact) mass is 461 g/mol. The molecule has 0 bridgehead atoms. The molecule has 0 aromatic heterocycles. The molecule has 1 saturated carbocycles. The number of anilines is 1. The predicted octanol–water partition coefficient (Wildman–Crippen LogP) is 3.57. The normalized spacial score (nSPS) is 24.2. The van der Waals surface area contributed by atoms with Crippen LogP contribution in [-0.4, -0.2) is 58.6 Å². The van der Waals surface area contributed by atoms with Gasteiger partial charge in [0.25, 0.3) is 0 Å². The van der Waals surface area contributed by atoms with Crippen LogP contribution < -0.4 is 5.32 Å². The van der Waals surface area contributed by atoms with E-state index in [2.05, 4.69) is 17.2 Å². The van der Waals surface area contributed by atoms with Crippen molar-refractivity contribution in [3.63, 3.8) is 0 Å². The minimum absolute atomic E-state index is 0.0788. The molecule has 2 aromatic carbocycles. The summed E-state index contributed by atoms with van der Waals surface area (Å²) in [6, 6.07) is 12.9. The summed E-state index contributed by atoms with van der Waals surface area (Å²) in [5.74, 6) is 6.30. The molecule has 2 heterocycles. The third-order valence-electron chi connectivity index (χ3n) is 7.23. The fraction of sp³-hybridized carbons (Fsp3) is 0.407. The average molecular weight is 462 g/mol. The topological polar surface area (TPSA) is 72.9 Å². The number of aliphatic hydroxyl groups is 1. The molecule has 3 amide bonds. The van der Waals surface area contributed by atoms with E-state index in [1.165, 1.54) is 42.7 Å². The SMILES string of the molecule is O=C(Nc1ccccc1F)N1CC(=O)N2[C@H](C1)[C@H](c1ccc(C#CC3CCCC3)cc1)[C@@H]2CO. The zero-order valence-electron chi connectivity index (χ0n) is 18.9. The quantitative estimate of drug-likeness (QED) is 0.687. The number of urea groups is 1. The molecule has 2 aliphatic heterocycles. The average Bonchev–Trinajstić information content (AvgIpc) is 3.35. The molecular formula is C27H28FN3O3. The van der Waals surface area contributed by atoms with Crippen molar-refractivity contribution >= 4 is 17.6 Å². The van der Waals surface area contributed by atoms with Crippen LogP contribution in [0.1, 0.15) is 42.7 Å². The molecule has 2 aromatic rings. The van der Waals surface area contributed by atoms with Gasteiger partial charge in [-0.1, -0.05) is 48.9 Å². The van der Waals surface area contributed by atoms with E-state index in [-0.39, 0.29) is 42.7 Å². The van der Waals surface area contributed by atoms with E-state index in [9.17, 15) is 19.1 Å². The van der Waals surface area contributed by atoms with E-state index in [4.69, 9.17) is 0 Å². The van der Waals surface area contributed by atoms with Gasteiger partial charge < -0.3 is 20.2 Å². The first-order valence-electron chi connectivity index (χ1n) is 11.9. The third-order valence-corrected chi connectivity index (χ3v) is 7.23. The molecular weight excluding hydrogens is 433 g/mol. The lowest BCUT2D eigenvalue weighted by atomic mass is 9.73. The maximum atomic E-state index is 14.0. The molecule has 3 atom stereocenters. The van der Waals surface area contributed by atoms with Crippen molar-refractivity contribution < 1.29 is 19.1 Å². The Kier molecular flexibility index (Phi) is 6.25. The van der Waals surface area contributed by atoms with Crippen LogP contribution in [0.2, 0.25) is 0 Å². The number of nitrogens with zero attached hydrogens (tertiary/aromatic N) is 2. The van der Waals surface area contributed by atoms with Crippen LogP contribution in [0.5, 0.6) is 0 Å². The highest BCUT2D eigenvalue weighted by Crippen LogP contribution is 2.43. The highest BCUT2D eigenvalue weighted by Gasteiger charge is 2.54. The van der Waals surface area contributed by atoms with Crippen molar-refractivity contribution in [2.45, 2.75) is 43.7 Å². The number of carbonyl (C=O) groups is 2. The lowest BCUT2D eigenvalue weighted by Gasteiger charge is -2.58. The van der Waals surface area contributed by atoms with E-state index in [1.54, 1.807) is 17.0 Å². The van der Waals surface area contributed by atoms with Crippen LogP contribution in [0, 0.1) is 23.6 Å². The number of amides is 3. The van der Waals surface area contributed by atoms with Gasteiger partial charge in [-0.3, -0.25) is 4.79 Å². The molecule has 34 heavy (non-hydrogen) atoms. The van der Waals surface area contributed by atoms with Gasteiger partial charge >= 0.3 is 6.03 Å². The third kappa shape index (κ3) is 4.26. The molecule has 2 N–H and O–H groups in total. The number of rotatable bonds is 3. The van der Waals surface area contributed by atoms with Gasteiger partial charge in [-0.05, 0) is 42.7 Å². The van der Waals surface area contributed by atoms with Crippen molar-refractivity contribution in [1.29, 1.82) is 0 Å².